The van der Waals surface area contributed by atoms with Gasteiger partial charge in [-0.15, -0.1) is 0 Å². The maximum absolute atomic E-state index is 11.7. The Labute approximate surface area is 123 Å². The lowest BCUT2D eigenvalue weighted by Crippen LogP contribution is -2.63. The lowest BCUT2D eigenvalue weighted by atomic mass is 10.1. The number of nitrogens with zero attached hydrogens (tertiary/aromatic N) is 4. The molecule has 0 spiro atoms. The van der Waals surface area contributed by atoms with Crippen LogP contribution in [-0.4, -0.2) is 71.2 Å². The average Bonchev–Trinajstić information content (AvgIpc) is 2.44. The highest BCUT2D eigenvalue weighted by Crippen LogP contribution is 2.21. The van der Waals surface area contributed by atoms with Gasteiger partial charge in [0.1, 0.15) is 5.82 Å². The number of H-pyrrole nitrogens is 1. The third kappa shape index (κ3) is 2.75. The van der Waals surface area contributed by atoms with Gasteiger partial charge in [0.25, 0.3) is 5.56 Å². The van der Waals surface area contributed by atoms with Crippen LogP contribution in [0.15, 0.2) is 15.7 Å². The van der Waals surface area contributed by atoms with E-state index in [1.54, 1.807) is 0 Å². The zero-order valence-corrected chi connectivity index (χ0v) is 12.7. The topological polar surface area (TPSA) is 64.6 Å². The zero-order chi connectivity index (χ0) is 15.0. The van der Waals surface area contributed by atoms with E-state index in [1.165, 1.54) is 13.1 Å². The van der Waals surface area contributed by atoms with Gasteiger partial charge in [-0.1, -0.05) is 6.92 Å². The van der Waals surface area contributed by atoms with Crippen LogP contribution in [-0.2, 0) is 7.05 Å². The SMILES string of the molecule is CCN1CCN(C2CN(c3cc(=O)n(C)c(=O)[nH]3)C2)CC1. The van der Waals surface area contributed by atoms with E-state index in [4.69, 9.17) is 0 Å². The molecule has 7 heteroatoms. The smallest absolute Gasteiger partial charge is 0.329 e. The molecule has 0 saturated carbocycles. The highest BCUT2D eigenvalue weighted by atomic mass is 16.2. The number of nitrogens with one attached hydrogen (secondary N) is 1. The molecule has 0 atom stereocenters. The van der Waals surface area contributed by atoms with Crippen LogP contribution >= 0.6 is 0 Å². The highest BCUT2D eigenvalue weighted by molar-refractivity contribution is 5.41. The van der Waals surface area contributed by atoms with Crippen LogP contribution in [0.4, 0.5) is 5.82 Å². The number of rotatable bonds is 3. The molecule has 0 aliphatic carbocycles. The quantitative estimate of drug-likeness (QED) is 0.766. The summed E-state index contributed by atoms with van der Waals surface area (Å²) in [5.41, 5.74) is -0.605. The molecule has 2 aliphatic rings. The van der Waals surface area contributed by atoms with Crippen LogP contribution in [0.1, 0.15) is 6.92 Å². The molecule has 0 bridgehead atoms. The van der Waals surface area contributed by atoms with Crippen molar-refractivity contribution in [3.05, 3.63) is 26.9 Å². The van der Waals surface area contributed by atoms with Gasteiger partial charge in [-0.3, -0.25) is 19.2 Å². The van der Waals surface area contributed by atoms with E-state index in [0.29, 0.717) is 11.9 Å². The van der Waals surface area contributed by atoms with E-state index in [0.717, 1.165) is 50.4 Å². The van der Waals surface area contributed by atoms with Gasteiger partial charge in [-0.05, 0) is 6.54 Å². The van der Waals surface area contributed by atoms with Crippen molar-refractivity contribution in [1.82, 2.24) is 19.4 Å². The van der Waals surface area contributed by atoms with Crippen LogP contribution in [0.25, 0.3) is 0 Å². The van der Waals surface area contributed by atoms with Crippen LogP contribution < -0.4 is 16.1 Å². The van der Waals surface area contributed by atoms with Crippen LogP contribution in [0, 0.1) is 0 Å². The molecule has 0 amide bonds. The van der Waals surface area contributed by atoms with Crippen molar-refractivity contribution in [2.24, 2.45) is 7.05 Å². The summed E-state index contributed by atoms with van der Waals surface area (Å²) in [6.07, 6.45) is 0. The molecule has 0 radical (unpaired) electrons. The molecular formula is C14H23N5O2. The van der Waals surface area contributed by atoms with Crippen LogP contribution in [0.2, 0.25) is 0 Å². The van der Waals surface area contributed by atoms with Gasteiger partial charge in [-0.2, -0.15) is 0 Å². The number of likely N-dealkylation sites (N-methyl/N-ethyl adjacent to an activating group) is 1. The van der Waals surface area contributed by atoms with Gasteiger partial charge in [0.2, 0.25) is 0 Å². The monoisotopic (exact) mass is 293 g/mol. The molecule has 1 aromatic heterocycles. The molecule has 2 fully saturated rings. The predicted octanol–water partition coefficient (Wildman–Crippen LogP) is -1.10. The third-order valence-electron chi connectivity index (χ3n) is 4.70. The van der Waals surface area contributed by atoms with Crippen molar-refractivity contribution in [3.63, 3.8) is 0 Å². The first-order valence-corrected chi connectivity index (χ1v) is 7.60. The summed E-state index contributed by atoms with van der Waals surface area (Å²) in [6, 6.07) is 2.05. The Kier molecular flexibility index (Phi) is 3.86. The van der Waals surface area contributed by atoms with Crippen LogP contribution in [0.3, 0.4) is 0 Å². The molecule has 2 aliphatic heterocycles. The second-order valence-electron chi connectivity index (χ2n) is 5.89. The number of hydrogen-bond donors (Lipinski definition) is 1. The fourth-order valence-electron chi connectivity index (χ4n) is 3.04. The molecule has 116 valence electrons. The first-order chi connectivity index (χ1) is 10.1. The predicted molar refractivity (Wildman–Crippen MR) is 82.0 cm³/mol. The zero-order valence-electron chi connectivity index (χ0n) is 12.7. The van der Waals surface area contributed by atoms with Crippen molar-refractivity contribution in [1.29, 1.82) is 0 Å². The molecule has 3 rings (SSSR count). The van der Waals surface area contributed by atoms with Gasteiger partial charge >= 0.3 is 5.69 Å². The van der Waals surface area contributed by atoms with Crippen molar-refractivity contribution in [2.75, 3.05) is 50.7 Å². The van der Waals surface area contributed by atoms with Crippen molar-refractivity contribution >= 4 is 5.82 Å². The Morgan fingerprint density at radius 1 is 1.19 bits per heavy atom. The average molecular weight is 293 g/mol. The maximum atomic E-state index is 11.7. The lowest BCUT2D eigenvalue weighted by molar-refractivity contribution is 0.0858. The van der Waals surface area contributed by atoms with Gasteiger partial charge in [-0.25, -0.2) is 4.79 Å². The summed E-state index contributed by atoms with van der Waals surface area (Å²) < 4.78 is 1.09. The normalized spacial score (nSPS) is 21.5. The minimum Gasteiger partial charge on any atom is -0.355 e. The third-order valence-corrected chi connectivity index (χ3v) is 4.70. The van der Waals surface area contributed by atoms with E-state index >= 15 is 0 Å². The Morgan fingerprint density at radius 3 is 2.43 bits per heavy atom. The molecule has 7 nitrogen and oxygen atoms in total. The molecule has 2 saturated heterocycles. The Morgan fingerprint density at radius 2 is 1.86 bits per heavy atom. The van der Waals surface area contributed by atoms with E-state index in [9.17, 15) is 9.59 Å². The summed E-state index contributed by atoms with van der Waals surface area (Å²) in [5.74, 6) is 0.645. The Hall–Kier alpha value is -1.60. The molecule has 1 N–H and O–H groups in total. The molecule has 1 aromatic rings. The second-order valence-corrected chi connectivity index (χ2v) is 5.89. The number of aromatic nitrogens is 2. The largest absolute Gasteiger partial charge is 0.355 e. The van der Waals surface area contributed by atoms with Crippen molar-refractivity contribution < 1.29 is 0 Å². The van der Waals surface area contributed by atoms with E-state index < -0.39 is 0 Å². The first kappa shape index (κ1) is 14.3. The molecule has 3 heterocycles. The molecule has 21 heavy (non-hydrogen) atoms. The maximum Gasteiger partial charge on any atom is 0.329 e. The van der Waals surface area contributed by atoms with Gasteiger partial charge in [0, 0.05) is 58.4 Å². The minimum absolute atomic E-state index is 0.256. The first-order valence-electron chi connectivity index (χ1n) is 7.60. The number of anilines is 1. The minimum atomic E-state index is -0.350. The fourth-order valence-corrected chi connectivity index (χ4v) is 3.04. The van der Waals surface area contributed by atoms with Gasteiger partial charge in [0.05, 0.1) is 0 Å². The summed E-state index contributed by atoms with van der Waals surface area (Å²) in [5, 5.41) is 0. The van der Waals surface area contributed by atoms with Gasteiger partial charge in [0.15, 0.2) is 0 Å². The molecule has 0 unspecified atom stereocenters. The summed E-state index contributed by atoms with van der Waals surface area (Å²) >= 11 is 0. The summed E-state index contributed by atoms with van der Waals surface area (Å²) in [4.78, 5) is 33.1. The Balaban J connectivity index is 1.59. The highest BCUT2D eigenvalue weighted by Gasteiger charge is 2.34. The number of piperazine rings is 1. The molecule has 0 aromatic carbocycles. The van der Waals surface area contributed by atoms with E-state index in [-0.39, 0.29) is 11.2 Å². The summed E-state index contributed by atoms with van der Waals surface area (Å²) in [6.45, 7) is 9.58. The molecular weight excluding hydrogens is 270 g/mol. The fraction of sp³-hybridized carbons (Fsp3) is 0.714. The van der Waals surface area contributed by atoms with E-state index in [2.05, 4.69) is 26.6 Å². The number of aromatic amines is 1. The summed E-state index contributed by atoms with van der Waals surface area (Å²) in [7, 11) is 1.48. The Bertz CT molecular complexity index is 577. The lowest BCUT2D eigenvalue weighted by Gasteiger charge is -2.48. The van der Waals surface area contributed by atoms with Crippen LogP contribution in [0.5, 0.6) is 0 Å². The van der Waals surface area contributed by atoms with Crippen molar-refractivity contribution in [3.8, 4) is 0 Å². The van der Waals surface area contributed by atoms with Crippen molar-refractivity contribution in [2.45, 2.75) is 13.0 Å². The number of hydrogen-bond acceptors (Lipinski definition) is 5. The standard InChI is InChI=1S/C14H23N5O2/c1-3-17-4-6-18(7-5-17)11-9-19(10-11)12-8-13(20)16(2)14(21)15-12/h8,11H,3-7,9-10H2,1-2H3,(H,15,21). The second kappa shape index (κ2) is 5.65. The van der Waals surface area contributed by atoms with E-state index in [1.807, 2.05) is 0 Å². The van der Waals surface area contributed by atoms with Gasteiger partial charge < -0.3 is 9.80 Å².